The molecule has 3 heteroatoms. The molecular weight excluding hydrogens is 226 g/mol. The highest BCUT2D eigenvalue weighted by molar-refractivity contribution is 5.48. The highest BCUT2D eigenvalue weighted by Crippen LogP contribution is 2.23. The molecule has 0 aromatic heterocycles. The predicted octanol–water partition coefficient (Wildman–Crippen LogP) is 2.75. The average molecular weight is 249 g/mol. The summed E-state index contributed by atoms with van der Waals surface area (Å²) in [6.07, 6.45) is 2.32. The monoisotopic (exact) mass is 249 g/mol. The van der Waals surface area contributed by atoms with E-state index in [1.165, 1.54) is 12.1 Å². The molecular formula is C15H23NO2. The van der Waals surface area contributed by atoms with Crippen LogP contribution in [0.15, 0.2) is 24.3 Å². The van der Waals surface area contributed by atoms with E-state index in [4.69, 9.17) is 4.74 Å². The van der Waals surface area contributed by atoms with Gasteiger partial charge in [0, 0.05) is 25.4 Å². The van der Waals surface area contributed by atoms with Crippen LogP contribution in [-0.2, 0) is 4.74 Å². The van der Waals surface area contributed by atoms with Gasteiger partial charge in [0.05, 0.1) is 12.2 Å². The van der Waals surface area contributed by atoms with Crippen molar-refractivity contribution in [2.24, 2.45) is 0 Å². The van der Waals surface area contributed by atoms with E-state index in [9.17, 15) is 5.11 Å². The van der Waals surface area contributed by atoms with Crippen molar-refractivity contribution in [1.82, 2.24) is 0 Å². The van der Waals surface area contributed by atoms with E-state index in [-0.39, 0.29) is 0 Å². The summed E-state index contributed by atoms with van der Waals surface area (Å²) < 4.78 is 5.71. The first-order chi connectivity index (χ1) is 8.70. The SMILES string of the molecule is CCOC1CCCN(c2ccc(C(C)O)cc2)C1. The number of nitrogens with zero attached hydrogens (tertiary/aromatic N) is 1. The van der Waals surface area contributed by atoms with Crippen LogP contribution in [0.4, 0.5) is 5.69 Å². The van der Waals surface area contributed by atoms with Gasteiger partial charge in [-0.3, -0.25) is 0 Å². The molecule has 0 aliphatic carbocycles. The summed E-state index contributed by atoms with van der Waals surface area (Å²) in [5, 5.41) is 9.50. The van der Waals surface area contributed by atoms with E-state index in [2.05, 4.69) is 24.0 Å². The number of hydrogen-bond acceptors (Lipinski definition) is 3. The number of aliphatic hydroxyl groups is 1. The van der Waals surface area contributed by atoms with Crippen LogP contribution in [0, 0.1) is 0 Å². The molecule has 1 aliphatic rings. The molecule has 1 aliphatic heterocycles. The van der Waals surface area contributed by atoms with Crippen molar-refractivity contribution in [2.45, 2.75) is 38.9 Å². The Morgan fingerprint density at radius 1 is 1.39 bits per heavy atom. The zero-order valence-electron chi connectivity index (χ0n) is 11.3. The summed E-state index contributed by atoms with van der Waals surface area (Å²) in [6.45, 7) is 6.70. The van der Waals surface area contributed by atoms with Crippen LogP contribution in [0.1, 0.15) is 38.4 Å². The molecule has 1 heterocycles. The maximum Gasteiger partial charge on any atom is 0.0761 e. The lowest BCUT2D eigenvalue weighted by Gasteiger charge is -2.34. The van der Waals surface area contributed by atoms with E-state index in [1.54, 1.807) is 6.92 Å². The molecule has 0 spiro atoms. The van der Waals surface area contributed by atoms with E-state index in [1.807, 2.05) is 12.1 Å². The van der Waals surface area contributed by atoms with E-state index in [0.717, 1.165) is 31.7 Å². The Hall–Kier alpha value is -1.06. The lowest BCUT2D eigenvalue weighted by molar-refractivity contribution is 0.0526. The maximum atomic E-state index is 9.50. The first kappa shape index (κ1) is 13.4. The second kappa shape index (κ2) is 6.21. The van der Waals surface area contributed by atoms with Gasteiger partial charge in [-0.15, -0.1) is 0 Å². The fourth-order valence-corrected chi connectivity index (χ4v) is 2.51. The summed E-state index contributed by atoms with van der Waals surface area (Å²) >= 11 is 0. The lowest BCUT2D eigenvalue weighted by atomic mass is 10.1. The van der Waals surface area contributed by atoms with Crippen molar-refractivity contribution in [3.63, 3.8) is 0 Å². The summed E-state index contributed by atoms with van der Waals surface area (Å²) in [7, 11) is 0. The normalized spacial score (nSPS) is 21.9. The molecule has 0 amide bonds. The standard InChI is InChI=1S/C15H23NO2/c1-3-18-15-5-4-10-16(11-15)14-8-6-13(7-9-14)12(2)17/h6-9,12,15,17H,3-5,10-11H2,1-2H3. The second-order valence-electron chi connectivity index (χ2n) is 4.93. The Bertz CT molecular complexity index is 359. The molecule has 1 saturated heterocycles. The molecule has 0 radical (unpaired) electrons. The minimum absolute atomic E-state index is 0.361. The van der Waals surface area contributed by atoms with Gasteiger partial charge < -0.3 is 14.7 Å². The van der Waals surface area contributed by atoms with E-state index in [0.29, 0.717) is 6.10 Å². The summed E-state index contributed by atoms with van der Waals surface area (Å²) in [4.78, 5) is 2.37. The molecule has 3 nitrogen and oxygen atoms in total. The van der Waals surface area contributed by atoms with Crippen LogP contribution in [-0.4, -0.2) is 30.9 Å². The van der Waals surface area contributed by atoms with Crippen molar-refractivity contribution >= 4 is 5.69 Å². The summed E-state index contributed by atoms with van der Waals surface area (Å²) in [5.74, 6) is 0. The minimum atomic E-state index is -0.392. The molecule has 2 unspecified atom stereocenters. The molecule has 100 valence electrons. The van der Waals surface area contributed by atoms with Crippen LogP contribution < -0.4 is 4.90 Å². The van der Waals surface area contributed by atoms with Crippen molar-refractivity contribution in [3.8, 4) is 0 Å². The molecule has 0 bridgehead atoms. The molecule has 2 rings (SSSR count). The van der Waals surface area contributed by atoms with Crippen molar-refractivity contribution in [3.05, 3.63) is 29.8 Å². The fourth-order valence-electron chi connectivity index (χ4n) is 2.51. The fraction of sp³-hybridized carbons (Fsp3) is 0.600. The van der Waals surface area contributed by atoms with E-state index < -0.39 is 6.10 Å². The minimum Gasteiger partial charge on any atom is -0.389 e. The average Bonchev–Trinajstić information content (AvgIpc) is 2.39. The van der Waals surface area contributed by atoms with E-state index >= 15 is 0 Å². The predicted molar refractivity (Wildman–Crippen MR) is 73.9 cm³/mol. The van der Waals surface area contributed by atoms with Gasteiger partial charge in [0.25, 0.3) is 0 Å². The number of anilines is 1. The number of benzene rings is 1. The Labute approximate surface area is 109 Å². The van der Waals surface area contributed by atoms with Crippen LogP contribution >= 0.6 is 0 Å². The number of hydrogen-bond donors (Lipinski definition) is 1. The first-order valence-corrected chi connectivity index (χ1v) is 6.85. The first-order valence-electron chi connectivity index (χ1n) is 6.85. The number of ether oxygens (including phenoxy) is 1. The number of piperidine rings is 1. The van der Waals surface area contributed by atoms with Crippen LogP contribution in [0.5, 0.6) is 0 Å². The Kier molecular flexibility index (Phi) is 4.61. The molecule has 0 saturated carbocycles. The van der Waals surface area contributed by atoms with Crippen molar-refractivity contribution in [2.75, 3.05) is 24.6 Å². The topological polar surface area (TPSA) is 32.7 Å². The Balaban J connectivity index is 2.02. The molecule has 18 heavy (non-hydrogen) atoms. The van der Waals surface area contributed by atoms with Crippen molar-refractivity contribution in [1.29, 1.82) is 0 Å². The maximum absolute atomic E-state index is 9.50. The third kappa shape index (κ3) is 3.24. The van der Waals surface area contributed by atoms with Gasteiger partial charge in [-0.1, -0.05) is 12.1 Å². The highest BCUT2D eigenvalue weighted by Gasteiger charge is 2.20. The molecule has 2 atom stereocenters. The third-order valence-corrected chi connectivity index (χ3v) is 3.52. The zero-order valence-corrected chi connectivity index (χ0v) is 11.3. The quantitative estimate of drug-likeness (QED) is 0.890. The van der Waals surface area contributed by atoms with Crippen LogP contribution in [0.25, 0.3) is 0 Å². The summed E-state index contributed by atoms with van der Waals surface area (Å²) in [5.41, 5.74) is 2.20. The molecule has 1 aromatic rings. The molecule has 1 aromatic carbocycles. The smallest absolute Gasteiger partial charge is 0.0761 e. The van der Waals surface area contributed by atoms with Gasteiger partial charge in [0.1, 0.15) is 0 Å². The number of rotatable bonds is 4. The van der Waals surface area contributed by atoms with Gasteiger partial charge in [-0.05, 0) is 44.4 Å². The largest absolute Gasteiger partial charge is 0.389 e. The highest BCUT2D eigenvalue weighted by atomic mass is 16.5. The molecule has 1 N–H and O–H groups in total. The van der Waals surface area contributed by atoms with Crippen LogP contribution in [0.2, 0.25) is 0 Å². The lowest BCUT2D eigenvalue weighted by Crippen LogP contribution is -2.39. The zero-order chi connectivity index (χ0) is 13.0. The Morgan fingerprint density at radius 3 is 2.72 bits per heavy atom. The summed E-state index contributed by atoms with van der Waals surface area (Å²) in [6, 6.07) is 8.20. The van der Waals surface area contributed by atoms with Gasteiger partial charge in [-0.2, -0.15) is 0 Å². The molecule has 1 fully saturated rings. The van der Waals surface area contributed by atoms with Gasteiger partial charge in [0.2, 0.25) is 0 Å². The van der Waals surface area contributed by atoms with Gasteiger partial charge in [-0.25, -0.2) is 0 Å². The van der Waals surface area contributed by atoms with Crippen LogP contribution in [0.3, 0.4) is 0 Å². The van der Waals surface area contributed by atoms with Crippen molar-refractivity contribution < 1.29 is 9.84 Å². The third-order valence-electron chi connectivity index (χ3n) is 3.52. The van der Waals surface area contributed by atoms with Gasteiger partial charge >= 0.3 is 0 Å². The second-order valence-corrected chi connectivity index (χ2v) is 4.93. The van der Waals surface area contributed by atoms with Gasteiger partial charge in [0.15, 0.2) is 0 Å². The number of aliphatic hydroxyl groups excluding tert-OH is 1. The Morgan fingerprint density at radius 2 is 2.11 bits per heavy atom.